The Labute approximate surface area is 158 Å². The van der Waals surface area contributed by atoms with Gasteiger partial charge in [-0.05, 0) is 74.0 Å². The molecule has 26 heavy (non-hydrogen) atoms. The molecule has 0 bridgehead atoms. The molecule has 2 N–H and O–H groups in total. The molecule has 0 aromatic carbocycles. The van der Waals surface area contributed by atoms with Crippen LogP contribution in [0.5, 0.6) is 0 Å². The van der Waals surface area contributed by atoms with Gasteiger partial charge in [-0.15, -0.1) is 0 Å². The predicted molar refractivity (Wildman–Crippen MR) is 103 cm³/mol. The Morgan fingerprint density at radius 3 is 2.42 bits per heavy atom. The molecular formula is C22H36N2O2. The second kappa shape index (κ2) is 5.70. The number of hydrogen-bond acceptors (Lipinski definition) is 4. The first-order valence-electron chi connectivity index (χ1n) is 11.0. The highest BCUT2D eigenvalue weighted by molar-refractivity contribution is 5.92. The fourth-order valence-electron chi connectivity index (χ4n) is 8.53. The number of fused-ring (bicyclic) bond motifs is 5. The molecule has 7 atom stereocenters. The van der Waals surface area contributed by atoms with Crippen LogP contribution in [0.25, 0.3) is 0 Å². The minimum atomic E-state index is -0.271. The fourth-order valence-corrected chi connectivity index (χ4v) is 8.53. The van der Waals surface area contributed by atoms with Crippen LogP contribution in [0.2, 0.25) is 0 Å². The summed E-state index contributed by atoms with van der Waals surface area (Å²) in [6.45, 7) is 9.04. The van der Waals surface area contributed by atoms with Crippen molar-refractivity contribution in [3.63, 3.8) is 0 Å². The van der Waals surface area contributed by atoms with Crippen LogP contribution in [-0.2, 0) is 9.47 Å². The van der Waals surface area contributed by atoms with E-state index in [4.69, 9.17) is 15.3 Å². The van der Waals surface area contributed by atoms with Gasteiger partial charge < -0.3 is 15.3 Å². The zero-order valence-electron chi connectivity index (χ0n) is 16.8. The number of hydrogen-bond donors (Lipinski definition) is 1. The van der Waals surface area contributed by atoms with E-state index in [0.717, 1.165) is 49.7 Å². The van der Waals surface area contributed by atoms with E-state index in [-0.39, 0.29) is 11.2 Å². The Bertz CT molecular complexity index is 613. The molecule has 0 amide bonds. The number of nitrogens with zero attached hydrogens (tertiary/aromatic N) is 1. The van der Waals surface area contributed by atoms with Crippen molar-refractivity contribution in [3.05, 3.63) is 0 Å². The van der Waals surface area contributed by atoms with Crippen LogP contribution in [0.15, 0.2) is 5.10 Å². The molecule has 5 aliphatic rings. The smallest absolute Gasteiger partial charge is 0.171 e. The maximum Gasteiger partial charge on any atom is 0.171 e. The number of nitrogens with two attached hydrogens (primary N) is 1. The van der Waals surface area contributed by atoms with Gasteiger partial charge in [-0.1, -0.05) is 20.8 Å². The Hall–Kier alpha value is -0.610. The summed E-state index contributed by atoms with van der Waals surface area (Å²) in [5.41, 5.74) is 2.03. The van der Waals surface area contributed by atoms with Gasteiger partial charge in [-0.3, -0.25) is 0 Å². The third-order valence-electron chi connectivity index (χ3n) is 9.92. The van der Waals surface area contributed by atoms with Gasteiger partial charge in [0, 0.05) is 23.5 Å². The molecule has 0 aromatic rings. The van der Waals surface area contributed by atoms with Crippen LogP contribution >= 0.6 is 0 Å². The molecule has 5 fully saturated rings. The second-order valence-electron chi connectivity index (χ2n) is 10.4. The quantitative estimate of drug-likeness (QED) is 0.516. The van der Waals surface area contributed by atoms with E-state index in [9.17, 15) is 0 Å². The summed E-state index contributed by atoms with van der Waals surface area (Å²) in [4.78, 5) is 0. The second-order valence-corrected chi connectivity index (χ2v) is 10.4. The maximum atomic E-state index is 6.19. The zero-order chi connectivity index (χ0) is 18.2. The van der Waals surface area contributed by atoms with Crippen LogP contribution in [0.3, 0.4) is 0 Å². The lowest BCUT2D eigenvalue weighted by molar-refractivity contribution is -0.261. The summed E-state index contributed by atoms with van der Waals surface area (Å²) in [6.07, 6.45) is 10.1. The molecule has 4 nitrogen and oxygen atoms in total. The van der Waals surface area contributed by atoms with Gasteiger partial charge in [0.05, 0.1) is 13.2 Å². The van der Waals surface area contributed by atoms with Crippen molar-refractivity contribution in [2.75, 3.05) is 13.2 Å². The third-order valence-corrected chi connectivity index (χ3v) is 9.92. The Morgan fingerprint density at radius 2 is 1.69 bits per heavy atom. The Balaban J connectivity index is 1.44. The van der Waals surface area contributed by atoms with Crippen molar-refractivity contribution >= 4 is 5.71 Å². The molecule has 1 saturated heterocycles. The van der Waals surface area contributed by atoms with Crippen LogP contribution in [0, 0.1) is 40.4 Å². The molecular weight excluding hydrogens is 324 g/mol. The summed E-state index contributed by atoms with van der Waals surface area (Å²) in [5, 5.41) is 4.22. The SMILES string of the molecule is CC1C2CC[C@H]3C4CC/C(=N/N)[C@@]4(C)CC[C@@H]3[C@@]2(C)CCC12OCCO2. The average molecular weight is 361 g/mol. The van der Waals surface area contributed by atoms with Crippen molar-refractivity contribution in [2.24, 2.45) is 51.4 Å². The zero-order valence-corrected chi connectivity index (χ0v) is 16.8. The molecule has 0 radical (unpaired) electrons. The summed E-state index contributed by atoms with van der Waals surface area (Å²) >= 11 is 0. The molecule has 1 spiro atoms. The minimum absolute atomic E-state index is 0.271. The number of hydrazone groups is 1. The van der Waals surface area contributed by atoms with Crippen molar-refractivity contribution in [2.45, 2.75) is 77.9 Å². The van der Waals surface area contributed by atoms with Crippen molar-refractivity contribution < 1.29 is 9.47 Å². The minimum Gasteiger partial charge on any atom is -0.347 e. The molecule has 4 heteroatoms. The summed E-state index contributed by atoms with van der Waals surface area (Å²) in [5.74, 6) is 9.27. The van der Waals surface area contributed by atoms with E-state index in [2.05, 4.69) is 25.9 Å². The molecule has 1 aliphatic heterocycles. The highest BCUT2D eigenvalue weighted by Gasteiger charge is 2.63. The van der Waals surface area contributed by atoms with E-state index in [1.807, 2.05) is 0 Å². The lowest BCUT2D eigenvalue weighted by atomic mass is 9.43. The lowest BCUT2D eigenvalue weighted by Gasteiger charge is -2.63. The number of rotatable bonds is 0. The molecule has 3 unspecified atom stereocenters. The van der Waals surface area contributed by atoms with E-state index >= 15 is 0 Å². The van der Waals surface area contributed by atoms with E-state index in [1.54, 1.807) is 0 Å². The average Bonchev–Trinajstić information content (AvgIpc) is 3.23. The van der Waals surface area contributed by atoms with Gasteiger partial charge in [0.2, 0.25) is 0 Å². The summed E-state index contributed by atoms with van der Waals surface area (Å²) in [7, 11) is 0. The van der Waals surface area contributed by atoms with Crippen molar-refractivity contribution in [1.82, 2.24) is 0 Å². The Morgan fingerprint density at radius 1 is 0.923 bits per heavy atom. The lowest BCUT2D eigenvalue weighted by Crippen LogP contribution is -2.59. The largest absolute Gasteiger partial charge is 0.347 e. The van der Waals surface area contributed by atoms with Crippen molar-refractivity contribution in [3.8, 4) is 0 Å². The maximum absolute atomic E-state index is 6.19. The molecule has 0 aromatic heterocycles. The van der Waals surface area contributed by atoms with Crippen LogP contribution in [0.4, 0.5) is 0 Å². The molecule has 4 aliphatic carbocycles. The van der Waals surface area contributed by atoms with Crippen LogP contribution in [-0.4, -0.2) is 24.7 Å². The monoisotopic (exact) mass is 360 g/mol. The topological polar surface area (TPSA) is 56.8 Å². The molecule has 1 heterocycles. The normalized spacial score (nSPS) is 54.1. The van der Waals surface area contributed by atoms with Crippen LogP contribution in [0.1, 0.15) is 72.1 Å². The van der Waals surface area contributed by atoms with Gasteiger partial charge in [0.1, 0.15) is 0 Å². The van der Waals surface area contributed by atoms with Gasteiger partial charge in [-0.25, -0.2) is 0 Å². The molecule has 5 rings (SSSR count). The highest BCUT2D eigenvalue weighted by Crippen LogP contribution is 2.67. The highest BCUT2D eigenvalue weighted by atomic mass is 16.7. The van der Waals surface area contributed by atoms with Gasteiger partial charge >= 0.3 is 0 Å². The first-order chi connectivity index (χ1) is 12.4. The molecule has 146 valence electrons. The first-order valence-corrected chi connectivity index (χ1v) is 11.0. The Kier molecular flexibility index (Phi) is 3.83. The first kappa shape index (κ1) is 17.5. The third kappa shape index (κ3) is 2.06. The van der Waals surface area contributed by atoms with Gasteiger partial charge in [0.15, 0.2) is 5.79 Å². The predicted octanol–water partition coefficient (Wildman–Crippen LogP) is 4.33. The number of ether oxygens (including phenoxy) is 2. The van der Waals surface area contributed by atoms with Gasteiger partial charge in [0.25, 0.3) is 0 Å². The van der Waals surface area contributed by atoms with Gasteiger partial charge in [-0.2, -0.15) is 5.10 Å². The molecule has 4 saturated carbocycles. The van der Waals surface area contributed by atoms with Crippen LogP contribution < -0.4 is 5.84 Å². The van der Waals surface area contributed by atoms with E-state index in [1.165, 1.54) is 44.2 Å². The summed E-state index contributed by atoms with van der Waals surface area (Å²) in [6, 6.07) is 0. The fraction of sp³-hybridized carbons (Fsp3) is 0.955. The summed E-state index contributed by atoms with van der Waals surface area (Å²) < 4.78 is 12.4. The van der Waals surface area contributed by atoms with E-state index in [0.29, 0.717) is 11.3 Å². The standard InChI is InChI=1S/C22H36N2O2/c1-14-16-5-4-15-17-6-7-19(24-23)21(17,3)9-8-18(15)20(16,2)10-11-22(14)25-12-13-26-22/h14-18H,4-13,23H2,1-3H3/b24-19-/t14?,15-,16?,17?,18-,20-,21-/m0/s1. The van der Waals surface area contributed by atoms with E-state index < -0.39 is 0 Å². The van der Waals surface area contributed by atoms with Crippen molar-refractivity contribution in [1.29, 1.82) is 0 Å².